The van der Waals surface area contributed by atoms with Gasteiger partial charge in [0.1, 0.15) is 5.75 Å². The van der Waals surface area contributed by atoms with E-state index < -0.39 is 0 Å². The summed E-state index contributed by atoms with van der Waals surface area (Å²) in [5.41, 5.74) is 7.16. The summed E-state index contributed by atoms with van der Waals surface area (Å²) in [5.74, 6) is 2.27. The van der Waals surface area contributed by atoms with Gasteiger partial charge in [-0.1, -0.05) is 30.3 Å². The smallest absolute Gasteiger partial charge is 0.126 e. The summed E-state index contributed by atoms with van der Waals surface area (Å²) in [6.45, 7) is 0.797. The van der Waals surface area contributed by atoms with Gasteiger partial charge in [-0.25, -0.2) is 0 Å². The number of hydrogen-bond donors (Lipinski definition) is 1. The number of fused-ring (bicyclic) bond motifs is 1. The third kappa shape index (κ3) is 1.69. The lowest BCUT2D eigenvalue weighted by Crippen LogP contribution is -2.02. The maximum atomic E-state index is 5.74. The molecule has 1 fully saturated rings. The highest BCUT2D eigenvalue weighted by molar-refractivity contribution is 5.91. The molecule has 2 atom stereocenters. The molecule has 2 unspecified atom stereocenters. The van der Waals surface area contributed by atoms with Crippen molar-refractivity contribution in [2.75, 3.05) is 13.7 Å². The molecule has 0 saturated heterocycles. The molecule has 0 bridgehead atoms. The van der Waals surface area contributed by atoms with E-state index in [1.54, 1.807) is 7.11 Å². The molecule has 0 amide bonds. The van der Waals surface area contributed by atoms with Crippen LogP contribution in [0.2, 0.25) is 0 Å². The van der Waals surface area contributed by atoms with E-state index in [9.17, 15) is 0 Å². The van der Waals surface area contributed by atoms with E-state index in [1.165, 1.54) is 22.8 Å². The van der Waals surface area contributed by atoms with E-state index in [0.29, 0.717) is 11.8 Å². The number of methoxy groups -OCH3 is 1. The Hall–Kier alpha value is -1.54. The van der Waals surface area contributed by atoms with Gasteiger partial charge in [-0.2, -0.15) is 0 Å². The Bertz CT molecular complexity index is 550. The molecule has 0 spiro atoms. The van der Waals surface area contributed by atoms with E-state index in [0.717, 1.165) is 12.3 Å². The van der Waals surface area contributed by atoms with Crippen LogP contribution in [0.15, 0.2) is 36.4 Å². The van der Waals surface area contributed by atoms with Gasteiger partial charge in [-0.15, -0.1) is 0 Å². The van der Waals surface area contributed by atoms with Crippen LogP contribution in [0.4, 0.5) is 0 Å². The van der Waals surface area contributed by atoms with Crippen LogP contribution < -0.4 is 10.5 Å². The molecule has 1 aliphatic rings. The molecule has 0 aliphatic heterocycles. The number of benzene rings is 2. The van der Waals surface area contributed by atoms with Crippen molar-refractivity contribution in [1.82, 2.24) is 0 Å². The van der Waals surface area contributed by atoms with Crippen LogP contribution in [0.5, 0.6) is 5.75 Å². The standard InChI is InChI=1S/C15H17NO/c1-17-15-7-6-12(14-8-10(14)9-16)11-4-2-3-5-13(11)15/h2-7,10,14H,8-9,16H2,1H3. The minimum Gasteiger partial charge on any atom is -0.496 e. The van der Waals surface area contributed by atoms with Gasteiger partial charge < -0.3 is 10.5 Å². The fourth-order valence-corrected chi connectivity index (χ4v) is 2.69. The first-order chi connectivity index (χ1) is 8.35. The molecule has 2 aromatic rings. The lowest BCUT2D eigenvalue weighted by atomic mass is 9.99. The van der Waals surface area contributed by atoms with Gasteiger partial charge >= 0.3 is 0 Å². The molecule has 2 aromatic carbocycles. The Morgan fingerprint density at radius 1 is 1.18 bits per heavy atom. The average molecular weight is 227 g/mol. The van der Waals surface area contributed by atoms with Crippen molar-refractivity contribution in [2.45, 2.75) is 12.3 Å². The largest absolute Gasteiger partial charge is 0.496 e. The Labute approximate surface area is 101 Å². The van der Waals surface area contributed by atoms with Crippen LogP contribution in [-0.4, -0.2) is 13.7 Å². The SMILES string of the molecule is COc1ccc(C2CC2CN)c2ccccc12. The zero-order valence-corrected chi connectivity index (χ0v) is 10.0. The fraction of sp³-hybridized carbons (Fsp3) is 0.333. The summed E-state index contributed by atoms with van der Waals surface area (Å²) >= 11 is 0. The highest BCUT2D eigenvalue weighted by atomic mass is 16.5. The lowest BCUT2D eigenvalue weighted by molar-refractivity contribution is 0.419. The van der Waals surface area contributed by atoms with E-state index in [-0.39, 0.29) is 0 Å². The number of nitrogens with two attached hydrogens (primary N) is 1. The highest BCUT2D eigenvalue weighted by Gasteiger charge is 2.37. The molecule has 2 nitrogen and oxygen atoms in total. The van der Waals surface area contributed by atoms with Gasteiger partial charge in [0, 0.05) is 5.39 Å². The van der Waals surface area contributed by atoms with E-state index in [2.05, 4.69) is 36.4 Å². The van der Waals surface area contributed by atoms with Gasteiger partial charge in [0.2, 0.25) is 0 Å². The number of ether oxygens (including phenoxy) is 1. The van der Waals surface area contributed by atoms with E-state index in [1.807, 2.05) is 0 Å². The summed E-state index contributed by atoms with van der Waals surface area (Å²) in [4.78, 5) is 0. The van der Waals surface area contributed by atoms with Crippen molar-refractivity contribution < 1.29 is 4.74 Å². The van der Waals surface area contributed by atoms with Gasteiger partial charge in [-0.05, 0) is 41.8 Å². The predicted octanol–water partition coefficient (Wildman–Crippen LogP) is 2.91. The third-order valence-corrected chi connectivity index (χ3v) is 3.76. The number of rotatable bonds is 3. The molecule has 2 N–H and O–H groups in total. The van der Waals surface area contributed by atoms with Crippen molar-refractivity contribution in [3.63, 3.8) is 0 Å². The molecule has 0 aromatic heterocycles. The molecular formula is C15H17NO. The minimum atomic E-state index is 0.649. The van der Waals surface area contributed by atoms with Gasteiger partial charge in [0.05, 0.1) is 7.11 Å². The van der Waals surface area contributed by atoms with Crippen LogP contribution in [-0.2, 0) is 0 Å². The molecule has 1 saturated carbocycles. The van der Waals surface area contributed by atoms with Crippen LogP contribution in [0, 0.1) is 5.92 Å². The maximum Gasteiger partial charge on any atom is 0.126 e. The minimum absolute atomic E-state index is 0.649. The summed E-state index contributed by atoms with van der Waals surface area (Å²) in [6.07, 6.45) is 1.23. The van der Waals surface area contributed by atoms with Crippen molar-refractivity contribution in [3.05, 3.63) is 42.0 Å². The van der Waals surface area contributed by atoms with E-state index >= 15 is 0 Å². The molecule has 2 heteroatoms. The summed E-state index contributed by atoms with van der Waals surface area (Å²) in [5, 5.41) is 2.52. The predicted molar refractivity (Wildman–Crippen MR) is 70.4 cm³/mol. The van der Waals surface area contributed by atoms with Crippen LogP contribution in [0.3, 0.4) is 0 Å². The second kappa shape index (κ2) is 4.04. The first-order valence-electron chi connectivity index (χ1n) is 6.11. The van der Waals surface area contributed by atoms with Crippen molar-refractivity contribution in [3.8, 4) is 5.75 Å². The van der Waals surface area contributed by atoms with Crippen LogP contribution in [0.25, 0.3) is 10.8 Å². The summed E-state index contributed by atoms with van der Waals surface area (Å²) < 4.78 is 5.41. The molecule has 0 radical (unpaired) electrons. The van der Waals surface area contributed by atoms with Crippen LogP contribution >= 0.6 is 0 Å². The van der Waals surface area contributed by atoms with E-state index in [4.69, 9.17) is 10.5 Å². The third-order valence-electron chi connectivity index (χ3n) is 3.76. The molecule has 0 heterocycles. The quantitative estimate of drug-likeness (QED) is 0.875. The average Bonchev–Trinajstić information content (AvgIpc) is 3.16. The fourth-order valence-electron chi connectivity index (χ4n) is 2.69. The van der Waals surface area contributed by atoms with Gasteiger partial charge in [-0.3, -0.25) is 0 Å². The molecule has 1 aliphatic carbocycles. The first kappa shape index (κ1) is 10.6. The Morgan fingerprint density at radius 2 is 1.94 bits per heavy atom. The van der Waals surface area contributed by atoms with Gasteiger partial charge in [0.15, 0.2) is 0 Å². The van der Waals surface area contributed by atoms with Crippen molar-refractivity contribution in [2.24, 2.45) is 11.7 Å². The Morgan fingerprint density at radius 3 is 2.59 bits per heavy atom. The first-order valence-corrected chi connectivity index (χ1v) is 6.11. The Kier molecular flexibility index (Phi) is 2.52. The lowest BCUT2D eigenvalue weighted by Gasteiger charge is -2.10. The second-order valence-electron chi connectivity index (χ2n) is 4.74. The number of hydrogen-bond acceptors (Lipinski definition) is 2. The topological polar surface area (TPSA) is 35.2 Å². The highest BCUT2D eigenvalue weighted by Crippen LogP contribution is 2.49. The van der Waals surface area contributed by atoms with Gasteiger partial charge in [0.25, 0.3) is 0 Å². The monoisotopic (exact) mass is 227 g/mol. The maximum absolute atomic E-state index is 5.74. The summed E-state index contributed by atoms with van der Waals surface area (Å²) in [6, 6.07) is 12.7. The van der Waals surface area contributed by atoms with Crippen LogP contribution in [0.1, 0.15) is 17.9 Å². The summed E-state index contributed by atoms with van der Waals surface area (Å²) in [7, 11) is 1.72. The Balaban J connectivity index is 2.14. The normalized spacial score (nSPS) is 22.7. The second-order valence-corrected chi connectivity index (χ2v) is 4.74. The van der Waals surface area contributed by atoms with Crippen molar-refractivity contribution >= 4 is 10.8 Å². The zero-order valence-electron chi connectivity index (χ0n) is 10.0. The van der Waals surface area contributed by atoms with Crippen molar-refractivity contribution in [1.29, 1.82) is 0 Å². The molecular weight excluding hydrogens is 210 g/mol. The zero-order chi connectivity index (χ0) is 11.8. The molecule has 3 rings (SSSR count). The molecule has 88 valence electrons. The molecule has 17 heavy (non-hydrogen) atoms.